The third kappa shape index (κ3) is 7.65. The van der Waals surface area contributed by atoms with Gasteiger partial charge in [-0.2, -0.15) is 0 Å². The molecule has 0 aromatic carbocycles. The van der Waals surface area contributed by atoms with E-state index < -0.39 is 6.10 Å². The molecule has 0 aromatic heterocycles. The summed E-state index contributed by atoms with van der Waals surface area (Å²) < 4.78 is 0. The van der Waals surface area contributed by atoms with E-state index in [4.69, 9.17) is 10.2 Å². The van der Waals surface area contributed by atoms with E-state index in [1.807, 2.05) is 41.5 Å². The highest BCUT2D eigenvalue weighted by molar-refractivity contribution is 5.78. The number of rotatable bonds is 4. The zero-order valence-corrected chi connectivity index (χ0v) is 11.4. The number of carbonyl (C=O) groups is 1. The summed E-state index contributed by atoms with van der Waals surface area (Å²) in [5.74, 6) is -0.210. The fraction of sp³-hybridized carbons (Fsp3) is 0.917. The number of amides is 1. The predicted molar refractivity (Wildman–Crippen MR) is 66.1 cm³/mol. The van der Waals surface area contributed by atoms with Crippen molar-refractivity contribution in [3.05, 3.63) is 0 Å². The lowest BCUT2D eigenvalue weighted by molar-refractivity contribution is -0.128. The van der Waals surface area contributed by atoms with Gasteiger partial charge in [0.15, 0.2) is 0 Å². The molecule has 1 amide bonds. The van der Waals surface area contributed by atoms with Crippen LogP contribution in [-0.2, 0) is 4.79 Å². The van der Waals surface area contributed by atoms with Crippen LogP contribution in [0.25, 0.3) is 0 Å². The maximum Gasteiger partial charge on any atom is 0.223 e. The van der Waals surface area contributed by atoms with Gasteiger partial charge >= 0.3 is 0 Å². The van der Waals surface area contributed by atoms with Gasteiger partial charge in [-0.1, -0.05) is 41.5 Å². The van der Waals surface area contributed by atoms with Gasteiger partial charge in [-0.05, 0) is 5.41 Å². The van der Waals surface area contributed by atoms with Crippen LogP contribution in [0.2, 0.25) is 0 Å². The summed E-state index contributed by atoms with van der Waals surface area (Å²) in [7, 11) is 0. The first-order chi connectivity index (χ1) is 7.29. The molecular weight excluding hydrogens is 206 g/mol. The molecule has 98 valence electrons. The number of aliphatic hydroxyl groups is 2. The van der Waals surface area contributed by atoms with Crippen molar-refractivity contribution in [1.29, 1.82) is 0 Å². The van der Waals surface area contributed by atoms with E-state index in [9.17, 15) is 4.79 Å². The Balaban J connectivity index is 0. The zero-order valence-electron chi connectivity index (χ0n) is 11.4. The molecule has 4 nitrogen and oxygen atoms in total. The Bertz CT molecular complexity index is 187. The minimum atomic E-state index is -0.869. The highest BCUT2D eigenvalue weighted by Gasteiger charge is 2.26. The van der Waals surface area contributed by atoms with Crippen molar-refractivity contribution in [2.45, 2.75) is 47.6 Å². The Hall–Kier alpha value is -0.610. The van der Waals surface area contributed by atoms with Crippen molar-refractivity contribution in [2.24, 2.45) is 11.3 Å². The minimum Gasteiger partial charge on any atom is -0.394 e. The molecule has 4 heteroatoms. The molecule has 0 fully saturated rings. The molecule has 0 rings (SSSR count). The number of nitrogens with one attached hydrogen (secondary N) is 1. The fourth-order valence-corrected chi connectivity index (χ4v) is 0.829. The maximum absolute atomic E-state index is 11.5. The lowest BCUT2D eigenvalue weighted by Gasteiger charge is -2.26. The topological polar surface area (TPSA) is 69.6 Å². The van der Waals surface area contributed by atoms with E-state index in [2.05, 4.69) is 5.32 Å². The Morgan fingerprint density at radius 3 is 2.06 bits per heavy atom. The highest BCUT2D eigenvalue weighted by Crippen LogP contribution is 2.25. The lowest BCUT2D eigenvalue weighted by atomic mass is 9.81. The van der Waals surface area contributed by atoms with Crippen molar-refractivity contribution in [1.82, 2.24) is 5.32 Å². The molecule has 2 atom stereocenters. The molecule has 0 saturated heterocycles. The van der Waals surface area contributed by atoms with Crippen LogP contribution in [0.3, 0.4) is 0 Å². The van der Waals surface area contributed by atoms with Crippen LogP contribution in [0, 0.1) is 11.3 Å². The van der Waals surface area contributed by atoms with Gasteiger partial charge in [0.05, 0.1) is 12.7 Å². The average Bonchev–Trinajstić information content (AvgIpc) is 2.25. The van der Waals surface area contributed by atoms with Crippen LogP contribution in [-0.4, -0.2) is 35.4 Å². The Morgan fingerprint density at radius 1 is 1.31 bits per heavy atom. The molecule has 0 spiro atoms. The normalized spacial score (nSPS) is 14.5. The van der Waals surface area contributed by atoms with Gasteiger partial charge in [0.1, 0.15) is 0 Å². The Labute approximate surface area is 99.1 Å². The summed E-state index contributed by atoms with van der Waals surface area (Å²) in [6, 6.07) is 0. The van der Waals surface area contributed by atoms with E-state index >= 15 is 0 Å². The fourth-order valence-electron chi connectivity index (χ4n) is 0.829. The minimum absolute atomic E-state index is 0.0890. The summed E-state index contributed by atoms with van der Waals surface area (Å²) in [6.45, 7) is 11.6. The van der Waals surface area contributed by atoms with Gasteiger partial charge in [0.25, 0.3) is 0 Å². The van der Waals surface area contributed by atoms with Crippen LogP contribution in [0.15, 0.2) is 0 Å². The third-order valence-corrected chi connectivity index (χ3v) is 2.41. The van der Waals surface area contributed by atoms with E-state index in [0.29, 0.717) is 0 Å². The SMILES string of the molecule is CC.CC(C(=O)NCC(O)CO)C(C)(C)C. The molecule has 2 unspecified atom stereocenters. The van der Waals surface area contributed by atoms with Crippen molar-refractivity contribution in [3.63, 3.8) is 0 Å². The Morgan fingerprint density at radius 2 is 1.75 bits per heavy atom. The average molecular weight is 233 g/mol. The molecule has 0 heterocycles. The van der Waals surface area contributed by atoms with Gasteiger partial charge in [-0.3, -0.25) is 4.79 Å². The summed E-state index contributed by atoms with van der Waals surface area (Å²) in [6.07, 6.45) is -0.869. The summed E-state index contributed by atoms with van der Waals surface area (Å²) in [5.41, 5.74) is -0.0890. The molecule has 0 aliphatic heterocycles. The van der Waals surface area contributed by atoms with Crippen molar-refractivity contribution < 1.29 is 15.0 Å². The van der Waals surface area contributed by atoms with Crippen LogP contribution in [0.4, 0.5) is 0 Å². The first kappa shape index (κ1) is 17.8. The molecule has 3 N–H and O–H groups in total. The van der Waals surface area contributed by atoms with Crippen LogP contribution in [0.1, 0.15) is 41.5 Å². The van der Waals surface area contributed by atoms with Gasteiger partial charge in [-0.15, -0.1) is 0 Å². The number of hydrogen-bond acceptors (Lipinski definition) is 3. The van der Waals surface area contributed by atoms with E-state index in [0.717, 1.165) is 0 Å². The molecular formula is C12H27NO3. The highest BCUT2D eigenvalue weighted by atomic mass is 16.3. The predicted octanol–water partition coefficient (Wildman–Crippen LogP) is 1.16. The van der Waals surface area contributed by atoms with Crippen molar-refractivity contribution in [3.8, 4) is 0 Å². The van der Waals surface area contributed by atoms with Gasteiger partial charge in [0.2, 0.25) is 5.91 Å². The van der Waals surface area contributed by atoms with E-state index in [-0.39, 0.29) is 30.4 Å². The first-order valence-electron chi connectivity index (χ1n) is 5.85. The summed E-state index contributed by atoms with van der Waals surface area (Å²) in [4.78, 5) is 11.5. The van der Waals surface area contributed by atoms with E-state index in [1.54, 1.807) is 0 Å². The van der Waals surface area contributed by atoms with Crippen LogP contribution < -0.4 is 5.32 Å². The van der Waals surface area contributed by atoms with Crippen molar-refractivity contribution in [2.75, 3.05) is 13.2 Å². The van der Waals surface area contributed by atoms with E-state index in [1.165, 1.54) is 0 Å². The van der Waals surface area contributed by atoms with Gasteiger partial charge < -0.3 is 15.5 Å². The second-order valence-corrected chi connectivity index (χ2v) is 4.67. The molecule has 0 bridgehead atoms. The molecule has 16 heavy (non-hydrogen) atoms. The molecule has 0 saturated carbocycles. The largest absolute Gasteiger partial charge is 0.394 e. The molecule has 0 aliphatic rings. The van der Waals surface area contributed by atoms with Crippen molar-refractivity contribution >= 4 is 5.91 Å². The number of aliphatic hydroxyl groups excluding tert-OH is 2. The first-order valence-corrected chi connectivity index (χ1v) is 5.85. The van der Waals surface area contributed by atoms with Gasteiger partial charge in [0, 0.05) is 12.5 Å². The quantitative estimate of drug-likeness (QED) is 0.682. The Kier molecular flexibility index (Phi) is 9.48. The third-order valence-electron chi connectivity index (χ3n) is 2.41. The number of hydrogen-bond donors (Lipinski definition) is 3. The second-order valence-electron chi connectivity index (χ2n) is 4.67. The standard InChI is InChI=1S/C10H21NO3.C2H6/c1-7(10(2,3)4)9(14)11-5-8(13)6-12;1-2/h7-8,12-13H,5-6H2,1-4H3,(H,11,14);1-2H3. The second kappa shape index (κ2) is 8.53. The summed E-state index contributed by atoms with van der Waals surface area (Å²) in [5, 5.41) is 20.2. The smallest absolute Gasteiger partial charge is 0.223 e. The zero-order chi connectivity index (χ0) is 13.4. The summed E-state index contributed by atoms with van der Waals surface area (Å²) >= 11 is 0. The van der Waals surface area contributed by atoms with Crippen LogP contribution in [0.5, 0.6) is 0 Å². The van der Waals surface area contributed by atoms with Gasteiger partial charge in [-0.25, -0.2) is 0 Å². The lowest BCUT2D eigenvalue weighted by Crippen LogP contribution is -2.40. The molecule has 0 aliphatic carbocycles. The molecule has 0 radical (unpaired) electrons. The monoisotopic (exact) mass is 233 g/mol. The maximum atomic E-state index is 11.5. The van der Waals surface area contributed by atoms with Crippen LogP contribution >= 0.6 is 0 Å². The molecule has 0 aromatic rings. The number of carbonyl (C=O) groups excluding carboxylic acids is 1.